The number of nitrogens with zero attached hydrogens (tertiary/aromatic N) is 1. The molecule has 1 N–H and O–H groups in total. The number of rotatable bonds is 8. The molecule has 0 aliphatic carbocycles. The number of aryl methyl sites for hydroxylation is 1. The molecule has 6 heteroatoms. The van der Waals surface area contributed by atoms with Gasteiger partial charge >= 0.3 is 0 Å². The summed E-state index contributed by atoms with van der Waals surface area (Å²) in [7, 11) is -3.71. The van der Waals surface area contributed by atoms with Crippen LogP contribution < -0.4 is 5.32 Å². The first-order valence-corrected chi connectivity index (χ1v) is 9.88. The zero-order valence-electron chi connectivity index (χ0n) is 15.1. The normalized spacial score (nSPS) is 11.3. The van der Waals surface area contributed by atoms with Crippen LogP contribution in [0, 0.1) is 6.92 Å². The zero-order valence-corrected chi connectivity index (χ0v) is 15.9. The summed E-state index contributed by atoms with van der Waals surface area (Å²) in [5, 5.41) is 2.65. The van der Waals surface area contributed by atoms with Crippen LogP contribution in [-0.4, -0.2) is 31.7 Å². The average molecular weight is 372 g/mol. The standard InChI is InChI=1S/C20H24N2O3S/c1-4-13-21-20(23)17-11-8-12-19(14-17)26(24,25)22(5-2)15-18-10-7-6-9-16(18)3/h4,6-12,14H,1,5,13,15H2,2-3H3,(H,21,23). The Bertz CT molecular complexity index is 891. The van der Waals surface area contributed by atoms with Crippen molar-refractivity contribution in [1.29, 1.82) is 0 Å². The monoisotopic (exact) mass is 372 g/mol. The molecular weight excluding hydrogens is 348 g/mol. The Morgan fingerprint density at radius 3 is 2.58 bits per heavy atom. The summed E-state index contributed by atoms with van der Waals surface area (Å²) in [5.41, 5.74) is 2.30. The van der Waals surface area contributed by atoms with Gasteiger partial charge in [-0.05, 0) is 36.2 Å². The molecule has 0 atom stereocenters. The highest BCUT2D eigenvalue weighted by Crippen LogP contribution is 2.20. The molecule has 2 aromatic rings. The first-order chi connectivity index (χ1) is 12.4. The second-order valence-corrected chi connectivity index (χ2v) is 7.82. The molecule has 138 valence electrons. The van der Waals surface area contributed by atoms with Gasteiger partial charge < -0.3 is 5.32 Å². The van der Waals surface area contributed by atoms with Crippen LogP contribution in [0.15, 0.2) is 66.1 Å². The third-order valence-electron chi connectivity index (χ3n) is 4.10. The van der Waals surface area contributed by atoms with Gasteiger partial charge in [-0.25, -0.2) is 8.42 Å². The minimum absolute atomic E-state index is 0.110. The lowest BCUT2D eigenvalue weighted by atomic mass is 10.1. The summed E-state index contributed by atoms with van der Waals surface area (Å²) in [6.45, 7) is 8.26. The van der Waals surface area contributed by atoms with Crippen molar-refractivity contribution < 1.29 is 13.2 Å². The van der Waals surface area contributed by atoms with E-state index < -0.39 is 10.0 Å². The first kappa shape index (κ1) is 19.9. The Hall–Kier alpha value is -2.44. The summed E-state index contributed by atoms with van der Waals surface area (Å²) >= 11 is 0. The largest absolute Gasteiger partial charge is 0.349 e. The highest BCUT2D eigenvalue weighted by molar-refractivity contribution is 7.89. The van der Waals surface area contributed by atoms with Crippen LogP contribution in [0.3, 0.4) is 0 Å². The van der Waals surface area contributed by atoms with Crippen molar-refractivity contribution in [3.8, 4) is 0 Å². The predicted molar refractivity (Wildman–Crippen MR) is 103 cm³/mol. The van der Waals surface area contributed by atoms with Gasteiger partial charge in [0.05, 0.1) is 4.90 Å². The molecular formula is C20H24N2O3S. The van der Waals surface area contributed by atoms with Crippen LogP contribution in [0.1, 0.15) is 28.4 Å². The van der Waals surface area contributed by atoms with Gasteiger partial charge in [-0.1, -0.05) is 43.3 Å². The molecule has 0 saturated heterocycles. The maximum atomic E-state index is 13.0. The molecule has 0 bridgehead atoms. The average Bonchev–Trinajstić information content (AvgIpc) is 2.65. The van der Waals surface area contributed by atoms with Gasteiger partial charge in [0.2, 0.25) is 10.0 Å². The molecule has 1 amide bonds. The minimum atomic E-state index is -3.71. The third-order valence-corrected chi connectivity index (χ3v) is 6.02. The maximum Gasteiger partial charge on any atom is 0.251 e. The number of benzene rings is 2. The third kappa shape index (κ3) is 4.59. The van der Waals surface area contributed by atoms with E-state index in [1.807, 2.05) is 31.2 Å². The Morgan fingerprint density at radius 2 is 1.92 bits per heavy atom. The van der Waals surface area contributed by atoms with Gasteiger partial charge in [0.25, 0.3) is 5.91 Å². The van der Waals surface area contributed by atoms with Crippen molar-refractivity contribution in [2.75, 3.05) is 13.1 Å². The lowest BCUT2D eigenvalue weighted by Gasteiger charge is -2.22. The van der Waals surface area contributed by atoms with E-state index >= 15 is 0 Å². The number of amides is 1. The second kappa shape index (κ2) is 8.78. The summed E-state index contributed by atoms with van der Waals surface area (Å²) in [4.78, 5) is 12.2. The van der Waals surface area contributed by atoms with Crippen molar-refractivity contribution in [3.63, 3.8) is 0 Å². The van der Waals surface area contributed by atoms with Crippen LogP contribution >= 0.6 is 0 Å². The number of nitrogens with one attached hydrogen (secondary N) is 1. The maximum absolute atomic E-state index is 13.0. The fourth-order valence-corrected chi connectivity index (χ4v) is 4.03. The predicted octanol–water partition coefficient (Wildman–Crippen LogP) is 3.12. The molecule has 0 fully saturated rings. The van der Waals surface area contributed by atoms with Gasteiger partial charge in [0, 0.05) is 25.2 Å². The van der Waals surface area contributed by atoms with Crippen molar-refractivity contribution in [2.45, 2.75) is 25.3 Å². The number of carbonyl (C=O) groups is 1. The summed E-state index contributed by atoms with van der Waals surface area (Å²) in [6, 6.07) is 13.8. The highest BCUT2D eigenvalue weighted by Gasteiger charge is 2.24. The molecule has 0 spiro atoms. The van der Waals surface area contributed by atoms with Gasteiger partial charge in [0.15, 0.2) is 0 Å². The van der Waals surface area contributed by atoms with E-state index in [1.54, 1.807) is 25.1 Å². The SMILES string of the molecule is C=CCNC(=O)c1cccc(S(=O)(=O)N(CC)Cc2ccccc2C)c1. The quantitative estimate of drug-likeness (QED) is 0.724. The van der Waals surface area contributed by atoms with Crippen LogP contribution in [0.5, 0.6) is 0 Å². The van der Waals surface area contributed by atoms with E-state index in [2.05, 4.69) is 11.9 Å². The van der Waals surface area contributed by atoms with Crippen molar-refractivity contribution in [3.05, 3.63) is 77.9 Å². The summed E-state index contributed by atoms with van der Waals surface area (Å²) in [6.07, 6.45) is 1.57. The molecule has 5 nitrogen and oxygen atoms in total. The lowest BCUT2D eigenvalue weighted by Crippen LogP contribution is -2.31. The van der Waals surface area contributed by atoms with Gasteiger partial charge in [-0.15, -0.1) is 6.58 Å². The van der Waals surface area contributed by atoms with Gasteiger partial charge in [-0.2, -0.15) is 4.31 Å². The smallest absolute Gasteiger partial charge is 0.251 e. The molecule has 2 rings (SSSR count). The topological polar surface area (TPSA) is 66.5 Å². The molecule has 0 unspecified atom stereocenters. The molecule has 0 aromatic heterocycles. The fraction of sp³-hybridized carbons (Fsp3) is 0.250. The molecule has 0 radical (unpaired) electrons. The number of carbonyl (C=O) groups excluding carboxylic acids is 1. The van der Waals surface area contributed by atoms with E-state index in [0.717, 1.165) is 11.1 Å². The first-order valence-electron chi connectivity index (χ1n) is 8.44. The van der Waals surface area contributed by atoms with Crippen LogP contribution in [0.25, 0.3) is 0 Å². The second-order valence-electron chi connectivity index (χ2n) is 5.88. The molecule has 26 heavy (non-hydrogen) atoms. The molecule has 2 aromatic carbocycles. The van der Waals surface area contributed by atoms with E-state index in [9.17, 15) is 13.2 Å². The van der Waals surface area contributed by atoms with E-state index in [0.29, 0.717) is 25.2 Å². The van der Waals surface area contributed by atoms with Crippen LogP contribution in [-0.2, 0) is 16.6 Å². The number of hydrogen-bond acceptors (Lipinski definition) is 3. The Labute approximate surface area is 155 Å². The summed E-state index contributed by atoms with van der Waals surface area (Å²) < 4.78 is 27.5. The minimum Gasteiger partial charge on any atom is -0.349 e. The van der Waals surface area contributed by atoms with Gasteiger partial charge in [0.1, 0.15) is 0 Å². The highest BCUT2D eigenvalue weighted by atomic mass is 32.2. The number of sulfonamides is 1. The Morgan fingerprint density at radius 1 is 1.19 bits per heavy atom. The van der Waals surface area contributed by atoms with E-state index in [1.165, 1.54) is 16.4 Å². The van der Waals surface area contributed by atoms with Crippen LogP contribution in [0.2, 0.25) is 0 Å². The molecule has 0 heterocycles. The lowest BCUT2D eigenvalue weighted by molar-refractivity contribution is 0.0958. The van der Waals surface area contributed by atoms with E-state index in [-0.39, 0.29) is 10.8 Å². The van der Waals surface area contributed by atoms with Gasteiger partial charge in [-0.3, -0.25) is 4.79 Å². The van der Waals surface area contributed by atoms with Crippen molar-refractivity contribution in [2.24, 2.45) is 0 Å². The Balaban J connectivity index is 2.31. The molecule has 0 saturated carbocycles. The summed E-state index contributed by atoms with van der Waals surface area (Å²) in [5.74, 6) is -0.330. The van der Waals surface area contributed by atoms with Crippen LogP contribution in [0.4, 0.5) is 0 Å². The van der Waals surface area contributed by atoms with Crippen molar-refractivity contribution in [1.82, 2.24) is 9.62 Å². The zero-order chi connectivity index (χ0) is 19.2. The van der Waals surface area contributed by atoms with Crippen molar-refractivity contribution >= 4 is 15.9 Å². The number of hydrogen-bond donors (Lipinski definition) is 1. The molecule has 0 aliphatic rings. The fourth-order valence-electron chi connectivity index (χ4n) is 2.56. The van der Waals surface area contributed by atoms with E-state index in [4.69, 9.17) is 0 Å². The molecule has 0 aliphatic heterocycles. The Kier molecular flexibility index (Phi) is 6.71.